The minimum Gasteiger partial charge on any atom is -0.507 e. The summed E-state index contributed by atoms with van der Waals surface area (Å²) in [6, 6.07) is 8.63. The molecule has 0 saturated heterocycles. The summed E-state index contributed by atoms with van der Waals surface area (Å²) in [5.41, 5.74) is 2.07. The lowest BCUT2D eigenvalue weighted by atomic mass is 9.91. The van der Waals surface area contributed by atoms with Crippen molar-refractivity contribution < 1.29 is 19.7 Å². The van der Waals surface area contributed by atoms with E-state index >= 15 is 0 Å². The summed E-state index contributed by atoms with van der Waals surface area (Å²) >= 11 is 0. The van der Waals surface area contributed by atoms with E-state index in [2.05, 4.69) is 0 Å². The highest BCUT2D eigenvalue weighted by Gasteiger charge is 2.27. The fourth-order valence-electron chi connectivity index (χ4n) is 3.55. The fraction of sp³-hybridized carbons (Fsp3) is 0.368. The number of hydrogen-bond acceptors (Lipinski definition) is 4. The van der Waals surface area contributed by atoms with Crippen molar-refractivity contribution in [1.29, 1.82) is 0 Å². The maximum Gasteiger partial charge on any atom is 0.134 e. The van der Waals surface area contributed by atoms with Gasteiger partial charge in [-0.15, -0.1) is 0 Å². The maximum absolute atomic E-state index is 10.3. The summed E-state index contributed by atoms with van der Waals surface area (Å²) in [6.07, 6.45) is 4.71. The first kappa shape index (κ1) is 15.5. The van der Waals surface area contributed by atoms with E-state index in [-0.39, 0.29) is 11.5 Å². The van der Waals surface area contributed by atoms with Gasteiger partial charge in [-0.25, -0.2) is 0 Å². The molecule has 3 rings (SSSR count). The van der Waals surface area contributed by atoms with Crippen molar-refractivity contribution in [3.8, 4) is 34.1 Å². The van der Waals surface area contributed by atoms with E-state index in [1.807, 2.05) is 12.1 Å². The van der Waals surface area contributed by atoms with Crippen molar-refractivity contribution in [2.75, 3.05) is 14.2 Å². The van der Waals surface area contributed by atoms with Gasteiger partial charge in [0.25, 0.3) is 0 Å². The first-order valence-electron chi connectivity index (χ1n) is 7.93. The van der Waals surface area contributed by atoms with Gasteiger partial charge in [0.15, 0.2) is 0 Å². The van der Waals surface area contributed by atoms with Crippen molar-refractivity contribution in [1.82, 2.24) is 0 Å². The Hall–Kier alpha value is -2.36. The van der Waals surface area contributed by atoms with Crippen LogP contribution in [0.4, 0.5) is 0 Å². The van der Waals surface area contributed by atoms with Gasteiger partial charge in [0.1, 0.15) is 23.0 Å². The monoisotopic (exact) mass is 314 g/mol. The topological polar surface area (TPSA) is 58.9 Å². The van der Waals surface area contributed by atoms with E-state index in [0.717, 1.165) is 18.4 Å². The van der Waals surface area contributed by atoms with Gasteiger partial charge in [0.05, 0.1) is 25.3 Å². The van der Waals surface area contributed by atoms with Crippen molar-refractivity contribution >= 4 is 0 Å². The molecule has 2 aromatic rings. The molecule has 1 saturated carbocycles. The first-order valence-corrected chi connectivity index (χ1v) is 7.93. The lowest BCUT2D eigenvalue weighted by Crippen LogP contribution is -2.01. The Morgan fingerprint density at radius 3 is 2.09 bits per heavy atom. The van der Waals surface area contributed by atoms with Crippen LogP contribution in [0.25, 0.3) is 11.1 Å². The molecule has 0 aromatic heterocycles. The highest BCUT2D eigenvalue weighted by molar-refractivity contribution is 5.86. The number of phenols is 2. The number of rotatable bonds is 4. The Bertz CT molecular complexity index is 683. The van der Waals surface area contributed by atoms with Crippen LogP contribution in [-0.4, -0.2) is 24.4 Å². The van der Waals surface area contributed by atoms with Crippen LogP contribution in [0.2, 0.25) is 0 Å². The molecule has 0 radical (unpaired) electrons. The van der Waals surface area contributed by atoms with Crippen molar-refractivity contribution in [3.05, 3.63) is 35.9 Å². The molecule has 1 aliphatic rings. The van der Waals surface area contributed by atoms with Crippen LogP contribution in [0.5, 0.6) is 23.0 Å². The molecule has 0 unspecified atom stereocenters. The Morgan fingerprint density at radius 2 is 1.52 bits per heavy atom. The summed E-state index contributed by atoms with van der Waals surface area (Å²) in [7, 11) is 3.19. The standard InChI is InChI=1S/C19H22O4/c1-22-16-11-10-13(12-6-3-4-7-12)19(23-2)18(16)17-14(20)8-5-9-15(17)21/h5,8-12,20-21H,3-4,6-7H2,1-2H3. The Balaban J connectivity index is 2.26. The molecule has 2 aromatic carbocycles. The summed E-state index contributed by atoms with van der Waals surface area (Å²) in [5.74, 6) is 1.70. The van der Waals surface area contributed by atoms with Gasteiger partial charge >= 0.3 is 0 Å². The molecule has 2 N–H and O–H groups in total. The molecule has 0 bridgehead atoms. The largest absolute Gasteiger partial charge is 0.507 e. The molecule has 0 aliphatic heterocycles. The molecular formula is C19H22O4. The third kappa shape index (κ3) is 2.69. The van der Waals surface area contributed by atoms with Crippen LogP contribution in [0.15, 0.2) is 30.3 Å². The molecule has 0 atom stereocenters. The number of hydrogen-bond donors (Lipinski definition) is 2. The second-order valence-electron chi connectivity index (χ2n) is 5.92. The minimum atomic E-state index is 0.00479. The summed E-state index contributed by atoms with van der Waals surface area (Å²) in [5, 5.41) is 20.5. The SMILES string of the molecule is COc1ccc(C2CCCC2)c(OC)c1-c1c(O)cccc1O. The van der Waals surface area contributed by atoms with Gasteiger partial charge in [0.2, 0.25) is 0 Å². The lowest BCUT2D eigenvalue weighted by molar-refractivity contribution is 0.389. The van der Waals surface area contributed by atoms with Crippen LogP contribution in [0, 0.1) is 0 Å². The first-order chi connectivity index (χ1) is 11.2. The van der Waals surface area contributed by atoms with Gasteiger partial charge < -0.3 is 19.7 Å². The molecule has 0 heterocycles. The molecule has 1 aliphatic carbocycles. The molecule has 4 heteroatoms. The van der Waals surface area contributed by atoms with Gasteiger partial charge in [0, 0.05) is 0 Å². The molecular weight excluding hydrogens is 292 g/mol. The normalized spacial score (nSPS) is 14.9. The number of ether oxygens (including phenoxy) is 2. The van der Waals surface area contributed by atoms with E-state index in [1.165, 1.54) is 12.8 Å². The second kappa shape index (κ2) is 6.41. The van der Waals surface area contributed by atoms with Crippen LogP contribution < -0.4 is 9.47 Å². The Labute approximate surface area is 136 Å². The Kier molecular flexibility index (Phi) is 4.33. The van der Waals surface area contributed by atoms with E-state index < -0.39 is 0 Å². The molecule has 4 nitrogen and oxygen atoms in total. The molecule has 122 valence electrons. The third-order valence-electron chi connectivity index (χ3n) is 4.64. The lowest BCUT2D eigenvalue weighted by Gasteiger charge is -2.21. The van der Waals surface area contributed by atoms with Crippen molar-refractivity contribution in [3.63, 3.8) is 0 Å². The van der Waals surface area contributed by atoms with E-state index in [0.29, 0.717) is 28.5 Å². The minimum absolute atomic E-state index is 0.00479. The van der Waals surface area contributed by atoms with Crippen LogP contribution in [0.1, 0.15) is 37.2 Å². The van der Waals surface area contributed by atoms with Crippen LogP contribution >= 0.6 is 0 Å². The molecule has 0 spiro atoms. The highest BCUT2D eigenvalue weighted by Crippen LogP contribution is 2.51. The molecule has 23 heavy (non-hydrogen) atoms. The quantitative estimate of drug-likeness (QED) is 0.876. The van der Waals surface area contributed by atoms with E-state index in [9.17, 15) is 10.2 Å². The zero-order valence-electron chi connectivity index (χ0n) is 13.5. The molecule has 1 fully saturated rings. The van der Waals surface area contributed by atoms with Crippen molar-refractivity contribution in [2.45, 2.75) is 31.6 Å². The average molecular weight is 314 g/mol. The number of phenolic OH excluding ortho intramolecular Hbond substituents is 2. The number of benzene rings is 2. The van der Waals surface area contributed by atoms with Gasteiger partial charge in [-0.2, -0.15) is 0 Å². The van der Waals surface area contributed by atoms with Crippen LogP contribution in [0.3, 0.4) is 0 Å². The Morgan fingerprint density at radius 1 is 0.870 bits per heavy atom. The predicted octanol–water partition coefficient (Wildman–Crippen LogP) is 4.44. The zero-order valence-corrected chi connectivity index (χ0v) is 13.5. The highest BCUT2D eigenvalue weighted by atomic mass is 16.5. The predicted molar refractivity (Wildman–Crippen MR) is 89.5 cm³/mol. The van der Waals surface area contributed by atoms with Crippen LogP contribution in [-0.2, 0) is 0 Å². The van der Waals surface area contributed by atoms with Crippen molar-refractivity contribution in [2.24, 2.45) is 0 Å². The summed E-state index contributed by atoms with van der Waals surface area (Å²) < 4.78 is 11.2. The average Bonchev–Trinajstić information content (AvgIpc) is 3.08. The van der Waals surface area contributed by atoms with Gasteiger partial charge in [-0.05, 0) is 42.5 Å². The molecule has 0 amide bonds. The number of aromatic hydroxyl groups is 2. The second-order valence-corrected chi connectivity index (χ2v) is 5.92. The smallest absolute Gasteiger partial charge is 0.134 e. The zero-order chi connectivity index (χ0) is 16.4. The maximum atomic E-state index is 10.3. The number of methoxy groups -OCH3 is 2. The fourth-order valence-corrected chi connectivity index (χ4v) is 3.55. The van der Waals surface area contributed by atoms with Gasteiger partial charge in [-0.1, -0.05) is 25.0 Å². The van der Waals surface area contributed by atoms with E-state index in [4.69, 9.17) is 9.47 Å². The third-order valence-corrected chi connectivity index (χ3v) is 4.64. The summed E-state index contributed by atoms with van der Waals surface area (Å²) in [6.45, 7) is 0. The summed E-state index contributed by atoms with van der Waals surface area (Å²) in [4.78, 5) is 0. The van der Waals surface area contributed by atoms with Gasteiger partial charge in [-0.3, -0.25) is 0 Å². The van der Waals surface area contributed by atoms with E-state index in [1.54, 1.807) is 32.4 Å².